The topological polar surface area (TPSA) is 59.8 Å². The summed E-state index contributed by atoms with van der Waals surface area (Å²) in [5, 5.41) is 11.9. The maximum atomic E-state index is 14.3. The normalized spacial score (nSPS) is 14.6. The number of halogens is 1. The first-order valence-electron chi connectivity index (χ1n) is 10.1. The summed E-state index contributed by atoms with van der Waals surface area (Å²) in [5.41, 5.74) is 4.55. The minimum Gasteiger partial charge on any atom is -0.325 e. The van der Waals surface area contributed by atoms with Gasteiger partial charge in [-0.25, -0.2) is 4.39 Å². The van der Waals surface area contributed by atoms with Crippen molar-refractivity contribution in [2.45, 2.75) is 57.0 Å². The summed E-state index contributed by atoms with van der Waals surface area (Å²) < 4.78 is 16.3. The number of carbonyl (C=O) groups excluding carboxylic acids is 1. The summed E-state index contributed by atoms with van der Waals surface area (Å²) in [6, 6.07) is 11.0. The Kier molecular flexibility index (Phi) is 5.64. The van der Waals surface area contributed by atoms with E-state index in [1.165, 1.54) is 23.4 Å². The number of nitrogens with one attached hydrogen (secondary N) is 1. The Bertz CT molecular complexity index is 1080. The third-order valence-corrected chi connectivity index (χ3v) is 6.32. The van der Waals surface area contributed by atoms with Crippen molar-refractivity contribution in [3.05, 3.63) is 58.9 Å². The number of rotatable bonds is 6. The molecule has 4 rings (SSSR count). The first-order valence-corrected chi connectivity index (χ1v) is 11.0. The van der Waals surface area contributed by atoms with Crippen LogP contribution in [0.2, 0.25) is 0 Å². The maximum absolute atomic E-state index is 14.3. The lowest BCUT2D eigenvalue weighted by molar-refractivity contribution is -0.115. The van der Waals surface area contributed by atoms with E-state index in [0.29, 0.717) is 16.5 Å². The Morgan fingerprint density at radius 1 is 1.17 bits per heavy atom. The van der Waals surface area contributed by atoms with Crippen LogP contribution >= 0.6 is 11.8 Å². The molecule has 1 saturated carbocycles. The SMILES string of the molecule is Cc1cc(C)c(NC(=O)C(C)Sc2nnc(-c3ccccc3F)n2C2CC2)c(C)c1. The second-order valence-corrected chi connectivity index (χ2v) is 9.22. The molecular formula is C23H25FN4OS. The highest BCUT2D eigenvalue weighted by molar-refractivity contribution is 8.00. The molecule has 1 N–H and O–H groups in total. The predicted octanol–water partition coefficient (Wildman–Crippen LogP) is 5.46. The summed E-state index contributed by atoms with van der Waals surface area (Å²) in [5.74, 6) is 0.114. The number of hydrogen-bond acceptors (Lipinski definition) is 4. The zero-order valence-electron chi connectivity index (χ0n) is 17.6. The number of thioether (sulfide) groups is 1. The molecule has 0 aliphatic heterocycles. The fourth-order valence-corrected chi connectivity index (χ4v) is 4.58. The number of aryl methyl sites for hydroxylation is 3. The zero-order chi connectivity index (χ0) is 21.4. The van der Waals surface area contributed by atoms with E-state index in [9.17, 15) is 9.18 Å². The summed E-state index contributed by atoms with van der Waals surface area (Å²) in [6.45, 7) is 7.89. The molecule has 1 aliphatic rings. The van der Waals surface area contributed by atoms with Crippen molar-refractivity contribution in [1.82, 2.24) is 14.8 Å². The molecule has 0 radical (unpaired) electrons. The molecule has 1 aromatic heterocycles. The van der Waals surface area contributed by atoms with Crippen LogP contribution in [-0.2, 0) is 4.79 Å². The molecule has 1 fully saturated rings. The average molecular weight is 425 g/mol. The molecule has 156 valence electrons. The summed E-state index contributed by atoms with van der Waals surface area (Å²) in [6.07, 6.45) is 2.02. The Hall–Kier alpha value is -2.67. The number of carbonyl (C=O) groups is 1. The molecule has 7 heteroatoms. The van der Waals surface area contributed by atoms with Gasteiger partial charge in [0.15, 0.2) is 11.0 Å². The number of nitrogens with zero attached hydrogens (tertiary/aromatic N) is 3. The van der Waals surface area contributed by atoms with Crippen LogP contribution in [0.15, 0.2) is 41.6 Å². The number of anilines is 1. The molecule has 1 heterocycles. The minimum atomic E-state index is -0.375. The fraction of sp³-hybridized carbons (Fsp3) is 0.348. The van der Waals surface area contributed by atoms with Crippen LogP contribution in [0.3, 0.4) is 0 Å². The second-order valence-electron chi connectivity index (χ2n) is 7.91. The lowest BCUT2D eigenvalue weighted by Gasteiger charge is -2.16. The molecule has 1 atom stereocenters. The van der Waals surface area contributed by atoms with Crippen LogP contribution in [0.1, 0.15) is 42.5 Å². The first-order chi connectivity index (χ1) is 14.3. The number of aromatic nitrogens is 3. The van der Waals surface area contributed by atoms with E-state index in [2.05, 4.69) is 27.6 Å². The Morgan fingerprint density at radius 3 is 2.47 bits per heavy atom. The van der Waals surface area contributed by atoms with Gasteiger partial charge in [-0.2, -0.15) is 0 Å². The van der Waals surface area contributed by atoms with Gasteiger partial charge in [-0.15, -0.1) is 10.2 Å². The van der Waals surface area contributed by atoms with Crippen molar-refractivity contribution in [2.75, 3.05) is 5.32 Å². The molecule has 3 aromatic rings. The highest BCUT2D eigenvalue weighted by Crippen LogP contribution is 2.42. The highest BCUT2D eigenvalue weighted by Gasteiger charge is 2.32. The monoisotopic (exact) mass is 424 g/mol. The summed E-state index contributed by atoms with van der Waals surface area (Å²) in [7, 11) is 0. The van der Waals surface area contributed by atoms with Crippen molar-refractivity contribution in [2.24, 2.45) is 0 Å². The van der Waals surface area contributed by atoms with Gasteiger partial charge in [-0.3, -0.25) is 9.36 Å². The van der Waals surface area contributed by atoms with Gasteiger partial charge in [-0.1, -0.05) is 41.6 Å². The summed E-state index contributed by atoms with van der Waals surface area (Å²) in [4.78, 5) is 12.9. The molecule has 1 aliphatic carbocycles. The van der Waals surface area contributed by atoms with Crippen LogP contribution in [0.5, 0.6) is 0 Å². The largest absolute Gasteiger partial charge is 0.325 e. The Morgan fingerprint density at radius 2 is 1.83 bits per heavy atom. The third-order valence-electron chi connectivity index (χ3n) is 5.27. The molecule has 5 nitrogen and oxygen atoms in total. The van der Waals surface area contributed by atoms with E-state index < -0.39 is 0 Å². The van der Waals surface area contributed by atoms with Crippen molar-refractivity contribution < 1.29 is 9.18 Å². The lowest BCUT2D eigenvalue weighted by Crippen LogP contribution is -2.24. The van der Waals surface area contributed by atoms with Crippen molar-refractivity contribution in [1.29, 1.82) is 0 Å². The molecule has 0 saturated heterocycles. The zero-order valence-corrected chi connectivity index (χ0v) is 18.4. The molecule has 2 aromatic carbocycles. The fourth-order valence-electron chi connectivity index (χ4n) is 3.66. The average Bonchev–Trinajstić information content (AvgIpc) is 3.45. The van der Waals surface area contributed by atoms with E-state index in [1.807, 2.05) is 32.3 Å². The van der Waals surface area contributed by atoms with E-state index in [0.717, 1.165) is 29.7 Å². The van der Waals surface area contributed by atoms with Crippen LogP contribution in [0, 0.1) is 26.6 Å². The molecular weight excluding hydrogens is 399 g/mol. The van der Waals surface area contributed by atoms with Gasteiger partial charge < -0.3 is 5.32 Å². The maximum Gasteiger partial charge on any atom is 0.237 e. The summed E-state index contributed by atoms with van der Waals surface area (Å²) >= 11 is 1.36. The van der Waals surface area contributed by atoms with Gasteiger partial charge in [-0.05, 0) is 63.8 Å². The quantitative estimate of drug-likeness (QED) is 0.534. The lowest BCUT2D eigenvalue weighted by atomic mass is 10.1. The van der Waals surface area contributed by atoms with E-state index in [1.54, 1.807) is 18.2 Å². The smallest absolute Gasteiger partial charge is 0.237 e. The van der Waals surface area contributed by atoms with Crippen molar-refractivity contribution in [3.8, 4) is 11.4 Å². The minimum absolute atomic E-state index is 0.0900. The molecule has 0 spiro atoms. The Balaban J connectivity index is 1.56. The van der Waals surface area contributed by atoms with E-state index in [4.69, 9.17) is 0 Å². The first kappa shape index (κ1) is 20.6. The number of benzene rings is 2. The van der Waals surface area contributed by atoms with Gasteiger partial charge >= 0.3 is 0 Å². The van der Waals surface area contributed by atoms with Crippen molar-refractivity contribution >= 4 is 23.4 Å². The number of hydrogen-bond donors (Lipinski definition) is 1. The van der Waals surface area contributed by atoms with E-state index in [-0.39, 0.29) is 23.0 Å². The Labute approximate surface area is 180 Å². The van der Waals surface area contributed by atoms with Gasteiger partial charge in [0, 0.05) is 11.7 Å². The standard InChI is InChI=1S/C23H25FN4OS/c1-13-11-14(2)20(15(3)12-13)25-22(29)16(4)30-23-27-26-21(28(23)17-9-10-17)18-7-5-6-8-19(18)24/h5-8,11-12,16-17H,9-10H2,1-4H3,(H,25,29). The van der Waals surface area contributed by atoms with Gasteiger partial charge in [0.2, 0.25) is 5.91 Å². The predicted molar refractivity (Wildman–Crippen MR) is 118 cm³/mol. The van der Waals surface area contributed by atoms with Crippen LogP contribution in [0.25, 0.3) is 11.4 Å². The van der Waals surface area contributed by atoms with Crippen molar-refractivity contribution in [3.63, 3.8) is 0 Å². The molecule has 1 unspecified atom stereocenters. The van der Waals surface area contributed by atoms with Gasteiger partial charge in [0.25, 0.3) is 0 Å². The van der Waals surface area contributed by atoms with E-state index >= 15 is 0 Å². The van der Waals surface area contributed by atoms with Crippen LogP contribution in [0.4, 0.5) is 10.1 Å². The van der Waals surface area contributed by atoms with Crippen LogP contribution in [-0.4, -0.2) is 25.9 Å². The molecule has 1 amide bonds. The molecule has 30 heavy (non-hydrogen) atoms. The molecule has 0 bridgehead atoms. The second kappa shape index (κ2) is 8.22. The highest BCUT2D eigenvalue weighted by atomic mass is 32.2. The number of amides is 1. The van der Waals surface area contributed by atoms with Crippen LogP contribution < -0.4 is 5.32 Å². The third kappa shape index (κ3) is 4.12. The van der Waals surface area contributed by atoms with Gasteiger partial charge in [0.1, 0.15) is 5.82 Å². The van der Waals surface area contributed by atoms with Gasteiger partial charge in [0.05, 0.1) is 10.8 Å².